The number of ether oxygens (including phenoxy) is 1. The number of nitrogens with two attached hydrogens (primary N) is 1. The molecule has 12 nitrogen and oxygen atoms in total. The molecule has 15 heteroatoms. The van der Waals surface area contributed by atoms with E-state index in [0.717, 1.165) is 4.57 Å². The molecule has 0 radical (unpaired) electrons. The predicted molar refractivity (Wildman–Crippen MR) is 140 cm³/mol. The normalized spacial score (nSPS) is 28.6. The van der Waals surface area contributed by atoms with Crippen molar-refractivity contribution in [3.8, 4) is 0 Å². The Morgan fingerprint density at radius 1 is 1.19 bits per heavy atom. The maximum atomic E-state index is 13.2. The molecule has 2 N–H and O–H groups in total. The van der Waals surface area contributed by atoms with Crippen molar-refractivity contribution in [1.29, 1.82) is 0 Å². The fraction of sp³-hybridized carbons (Fsp3) is 0.762. The minimum absolute atomic E-state index is 0.0657. The Morgan fingerprint density at radius 2 is 1.78 bits per heavy atom. The molecule has 36 heavy (non-hydrogen) atoms. The first-order chi connectivity index (χ1) is 16.1. The largest absolute Gasteiger partial charge is 0.414 e. The van der Waals surface area contributed by atoms with Gasteiger partial charge in [0, 0.05) is 18.8 Å². The Hall–Kier alpha value is -1.63. The van der Waals surface area contributed by atoms with E-state index in [-0.39, 0.29) is 17.5 Å². The van der Waals surface area contributed by atoms with Crippen LogP contribution in [0.15, 0.2) is 20.2 Å². The maximum absolute atomic E-state index is 13.2. The van der Waals surface area contributed by atoms with E-state index in [1.54, 1.807) is 6.92 Å². The molecule has 3 rings (SSSR count). The van der Waals surface area contributed by atoms with Crippen molar-refractivity contribution < 1.29 is 26.2 Å². The molecule has 3 heterocycles. The van der Waals surface area contributed by atoms with E-state index in [1.807, 2.05) is 32.7 Å². The average Bonchev–Trinajstić information content (AvgIpc) is 3.12. The van der Waals surface area contributed by atoms with E-state index in [2.05, 4.69) is 25.2 Å². The molecule has 0 amide bonds. The van der Waals surface area contributed by atoms with Gasteiger partial charge in [-0.1, -0.05) is 20.8 Å². The van der Waals surface area contributed by atoms with Crippen LogP contribution in [-0.2, 0) is 35.1 Å². The molecule has 2 unspecified atom stereocenters. The van der Waals surface area contributed by atoms with Crippen LogP contribution in [-0.4, -0.2) is 64.4 Å². The van der Waals surface area contributed by atoms with E-state index in [9.17, 15) is 18.0 Å². The van der Waals surface area contributed by atoms with Crippen LogP contribution in [0.5, 0.6) is 0 Å². The van der Waals surface area contributed by atoms with Gasteiger partial charge in [0.2, 0.25) is 5.60 Å². The quantitative estimate of drug-likeness (QED) is 0.506. The summed E-state index contributed by atoms with van der Waals surface area (Å²) in [7, 11) is -7.78. The van der Waals surface area contributed by atoms with Crippen LogP contribution in [0.4, 0.5) is 0 Å². The number of aromatic nitrogens is 2. The highest BCUT2D eigenvalue weighted by Gasteiger charge is 2.68. The highest BCUT2D eigenvalue weighted by Crippen LogP contribution is 2.47. The fourth-order valence-corrected chi connectivity index (χ4v) is 7.11. The van der Waals surface area contributed by atoms with Crippen molar-refractivity contribution in [3.63, 3.8) is 0 Å². The summed E-state index contributed by atoms with van der Waals surface area (Å²) in [6.45, 7) is 17.5. The monoisotopic (exact) mass is 562 g/mol. The van der Waals surface area contributed by atoms with Gasteiger partial charge in [0.25, 0.3) is 5.56 Å². The van der Waals surface area contributed by atoms with Gasteiger partial charge in [-0.3, -0.25) is 13.9 Å². The van der Waals surface area contributed by atoms with Crippen molar-refractivity contribution in [2.75, 3.05) is 6.61 Å². The number of amidine groups is 1. The molecule has 1 aromatic rings. The minimum atomic E-state index is -4.40. The topological polar surface area (TPSA) is 153 Å². The summed E-state index contributed by atoms with van der Waals surface area (Å²) in [4.78, 5) is 25.5. The summed E-state index contributed by atoms with van der Waals surface area (Å²) in [6, 6.07) is 0. The highest BCUT2D eigenvalue weighted by molar-refractivity contribution is 7.86. The number of hydrogen-bond donors (Lipinski definition) is 1. The molecule has 1 fully saturated rings. The third-order valence-corrected chi connectivity index (χ3v) is 13.3. The summed E-state index contributed by atoms with van der Waals surface area (Å²) in [5.41, 5.74) is 3.59. The summed E-state index contributed by atoms with van der Waals surface area (Å²) in [6.07, 6.45) is -2.02. The van der Waals surface area contributed by atoms with Gasteiger partial charge in [-0.05, 0) is 44.7 Å². The average molecular weight is 563 g/mol. The molecule has 0 aromatic carbocycles. The van der Waals surface area contributed by atoms with E-state index >= 15 is 0 Å². The SMILES string of the molecule is Cc1cn([C@@H]2OC(CO[Si](C)(C)C(C)(C)C)C3(OS(=O)(=O)N=C3N)[C@H]2O[Si](C)(C)C)c(=O)n(C)c1=O. The zero-order valence-electron chi connectivity index (χ0n) is 22.6. The number of aryl methyl sites for hydroxylation is 1. The Balaban J connectivity index is 2.22. The van der Waals surface area contributed by atoms with Gasteiger partial charge in [-0.25, -0.2) is 8.98 Å². The van der Waals surface area contributed by atoms with E-state index in [0.29, 0.717) is 5.56 Å². The van der Waals surface area contributed by atoms with Gasteiger partial charge >= 0.3 is 16.0 Å². The molecule has 0 aliphatic carbocycles. The summed E-state index contributed by atoms with van der Waals surface area (Å²) < 4.78 is 55.6. The van der Waals surface area contributed by atoms with Gasteiger partial charge in [0.1, 0.15) is 12.2 Å². The molecular formula is C21H38N4O8SSi2. The second-order valence-corrected chi connectivity index (χ2v) is 22.4. The van der Waals surface area contributed by atoms with Crippen LogP contribution in [0, 0.1) is 6.92 Å². The van der Waals surface area contributed by atoms with Crippen LogP contribution in [0.1, 0.15) is 32.6 Å². The zero-order chi connectivity index (χ0) is 27.6. The Labute approximate surface area is 213 Å². The molecule has 1 aromatic heterocycles. The molecular weight excluding hydrogens is 524 g/mol. The maximum Gasteiger partial charge on any atom is 0.383 e. The molecule has 1 saturated heterocycles. The lowest BCUT2D eigenvalue weighted by Crippen LogP contribution is -2.61. The minimum Gasteiger partial charge on any atom is -0.414 e. The van der Waals surface area contributed by atoms with Gasteiger partial charge < -0.3 is 19.3 Å². The Bertz CT molecular complexity index is 1290. The third-order valence-electron chi connectivity index (χ3n) is 6.96. The van der Waals surface area contributed by atoms with Gasteiger partial charge in [-0.15, -0.1) is 4.40 Å². The van der Waals surface area contributed by atoms with E-state index in [4.69, 9.17) is 23.5 Å². The Kier molecular flexibility index (Phi) is 7.23. The molecule has 1 spiro atoms. The fourth-order valence-electron chi connectivity index (χ4n) is 4.00. The van der Waals surface area contributed by atoms with Crippen molar-refractivity contribution >= 4 is 32.8 Å². The van der Waals surface area contributed by atoms with Crippen molar-refractivity contribution in [2.24, 2.45) is 17.2 Å². The van der Waals surface area contributed by atoms with Crippen molar-refractivity contribution in [3.05, 3.63) is 32.6 Å². The van der Waals surface area contributed by atoms with Crippen molar-refractivity contribution in [1.82, 2.24) is 9.13 Å². The Morgan fingerprint density at radius 3 is 2.25 bits per heavy atom. The molecule has 0 bridgehead atoms. The first-order valence-electron chi connectivity index (χ1n) is 11.7. The summed E-state index contributed by atoms with van der Waals surface area (Å²) in [5, 5.41) is -0.138. The second kappa shape index (κ2) is 8.99. The third kappa shape index (κ3) is 5.06. The number of rotatable bonds is 6. The molecule has 4 atom stereocenters. The van der Waals surface area contributed by atoms with Gasteiger partial charge in [-0.2, -0.15) is 8.42 Å². The lowest BCUT2D eigenvalue weighted by atomic mass is 9.91. The van der Waals surface area contributed by atoms with E-state index < -0.39 is 62.2 Å². The van der Waals surface area contributed by atoms with Crippen LogP contribution >= 0.6 is 0 Å². The lowest BCUT2D eigenvalue weighted by molar-refractivity contribution is -0.0531. The second-order valence-electron chi connectivity index (χ2n) is 11.9. The van der Waals surface area contributed by atoms with Crippen LogP contribution in [0.25, 0.3) is 0 Å². The number of hydrogen-bond acceptors (Lipinski definition) is 9. The van der Waals surface area contributed by atoms with Gasteiger partial charge in [0.15, 0.2) is 28.7 Å². The lowest BCUT2D eigenvalue weighted by Gasteiger charge is -2.39. The standard InChI is InChI=1S/C21H38N4O8SSi2/c1-13-11-25(19(27)24(5)16(13)26)17-15(32-35(6,7)8)21(18(22)23-34(28,29)33-21)14(31-17)12-30-36(9,10)20(2,3)4/h11,14-15,17H,12H2,1-10H3,(H2,22,23)/t14?,15-,17+,21?/m0/s1. The molecule has 204 valence electrons. The van der Waals surface area contributed by atoms with E-state index in [1.165, 1.54) is 17.8 Å². The summed E-state index contributed by atoms with van der Waals surface area (Å²) in [5.74, 6) is -0.327. The highest BCUT2D eigenvalue weighted by atomic mass is 32.2. The van der Waals surface area contributed by atoms with Crippen molar-refractivity contribution in [2.45, 2.75) is 89.5 Å². The summed E-state index contributed by atoms with van der Waals surface area (Å²) >= 11 is 0. The number of nitrogens with zero attached hydrogens (tertiary/aromatic N) is 3. The first kappa shape index (κ1) is 28.9. The van der Waals surface area contributed by atoms with Crippen LogP contribution < -0.4 is 17.0 Å². The van der Waals surface area contributed by atoms with Crippen LogP contribution in [0.3, 0.4) is 0 Å². The smallest absolute Gasteiger partial charge is 0.383 e. The van der Waals surface area contributed by atoms with Crippen LogP contribution in [0.2, 0.25) is 37.8 Å². The molecule has 2 aliphatic rings. The first-order valence-corrected chi connectivity index (χ1v) is 19.4. The van der Waals surface area contributed by atoms with Gasteiger partial charge in [0.05, 0.1) is 6.61 Å². The zero-order valence-corrected chi connectivity index (χ0v) is 25.4. The molecule has 2 aliphatic heterocycles. The molecule has 0 saturated carbocycles. The predicted octanol–water partition coefficient (Wildman–Crippen LogP) is 1.37.